The molecule has 2 N–H and O–H groups in total. The standard InChI is InChI=1S/C10H18N4O/c1-3-8(2)6-10(15)9-7-14(5-4-11)13-12-9/h7-8H,3-6,11H2,1-2H3. The monoisotopic (exact) mass is 210 g/mol. The first kappa shape index (κ1) is 11.8. The fraction of sp³-hybridized carbons (Fsp3) is 0.700. The van der Waals surface area contributed by atoms with Crippen molar-refractivity contribution in [3.63, 3.8) is 0 Å². The highest BCUT2D eigenvalue weighted by molar-refractivity contribution is 5.93. The molecule has 0 spiro atoms. The maximum absolute atomic E-state index is 11.7. The predicted octanol–water partition coefficient (Wildman–Crippen LogP) is 0.856. The van der Waals surface area contributed by atoms with Crippen LogP contribution in [0.1, 0.15) is 37.2 Å². The summed E-state index contributed by atoms with van der Waals surface area (Å²) < 4.78 is 1.60. The predicted molar refractivity (Wildman–Crippen MR) is 57.5 cm³/mol. The molecule has 1 heterocycles. The Morgan fingerprint density at radius 3 is 3.00 bits per heavy atom. The highest BCUT2D eigenvalue weighted by atomic mass is 16.1. The summed E-state index contributed by atoms with van der Waals surface area (Å²) in [6.45, 7) is 5.23. The normalized spacial score (nSPS) is 12.7. The molecule has 0 radical (unpaired) electrons. The van der Waals surface area contributed by atoms with E-state index in [0.717, 1.165) is 6.42 Å². The molecular formula is C10H18N4O. The van der Waals surface area contributed by atoms with E-state index in [1.54, 1.807) is 10.9 Å². The fourth-order valence-electron chi connectivity index (χ4n) is 1.23. The number of carbonyl (C=O) groups excluding carboxylic acids is 1. The van der Waals surface area contributed by atoms with E-state index in [2.05, 4.69) is 24.2 Å². The van der Waals surface area contributed by atoms with Gasteiger partial charge >= 0.3 is 0 Å². The van der Waals surface area contributed by atoms with Gasteiger partial charge in [0, 0.05) is 13.0 Å². The van der Waals surface area contributed by atoms with Crippen LogP contribution in [0, 0.1) is 5.92 Å². The lowest BCUT2D eigenvalue weighted by molar-refractivity contribution is 0.0958. The van der Waals surface area contributed by atoms with Gasteiger partial charge < -0.3 is 5.73 Å². The minimum atomic E-state index is 0.0626. The molecule has 1 unspecified atom stereocenters. The summed E-state index contributed by atoms with van der Waals surface area (Å²) in [6, 6.07) is 0. The van der Waals surface area contributed by atoms with Gasteiger partial charge in [-0.05, 0) is 5.92 Å². The minimum Gasteiger partial charge on any atom is -0.329 e. The Hall–Kier alpha value is -1.23. The van der Waals surface area contributed by atoms with Crippen molar-refractivity contribution in [1.82, 2.24) is 15.0 Å². The van der Waals surface area contributed by atoms with E-state index in [-0.39, 0.29) is 5.78 Å². The van der Waals surface area contributed by atoms with Gasteiger partial charge in [0.25, 0.3) is 0 Å². The topological polar surface area (TPSA) is 73.8 Å². The summed E-state index contributed by atoms with van der Waals surface area (Å²) in [5.74, 6) is 0.463. The Morgan fingerprint density at radius 1 is 1.67 bits per heavy atom. The number of nitrogens with two attached hydrogens (primary N) is 1. The Bertz CT molecular complexity index is 321. The average molecular weight is 210 g/mol. The Morgan fingerprint density at radius 2 is 2.40 bits per heavy atom. The Kier molecular flexibility index (Phi) is 4.42. The van der Waals surface area contributed by atoms with Gasteiger partial charge in [0.2, 0.25) is 0 Å². The van der Waals surface area contributed by atoms with Crippen LogP contribution in [-0.4, -0.2) is 27.3 Å². The van der Waals surface area contributed by atoms with Crippen molar-refractivity contribution in [2.45, 2.75) is 33.2 Å². The molecule has 0 bridgehead atoms. The second kappa shape index (κ2) is 5.60. The molecule has 0 aromatic carbocycles. The molecule has 0 fully saturated rings. The van der Waals surface area contributed by atoms with Gasteiger partial charge in [-0.25, -0.2) is 0 Å². The first-order valence-electron chi connectivity index (χ1n) is 5.30. The van der Waals surface area contributed by atoms with Gasteiger partial charge in [-0.15, -0.1) is 5.10 Å². The summed E-state index contributed by atoms with van der Waals surface area (Å²) in [7, 11) is 0. The maximum Gasteiger partial charge on any atom is 0.184 e. The Labute approximate surface area is 89.6 Å². The quantitative estimate of drug-likeness (QED) is 0.706. The third-order valence-electron chi connectivity index (χ3n) is 2.41. The molecule has 5 heteroatoms. The molecule has 15 heavy (non-hydrogen) atoms. The van der Waals surface area contributed by atoms with Crippen molar-refractivity contribution in [2.75, 3.05) is 6.54 Å². The highest BCUT2D eigenvalue weighted by Crippen LogP contribution is 2.10. The molecule has 1 aromatic heterocycles. The fourth-order valence-corrected chi connectivity index (χ4v) is 1.23. The lowest BCUT2D eigenvalue weighted by Gasteiger charge is -2.04. The van der Waals surface area contributed by atoms with Gasteiger partial charge in [-0.1, -0.05) is 25.5 Å². The number of nitrogens with zero attached hydrogens (tertiary/aromatic N) is 3. The van der Waals surface area contributed by atoms with Crippen molar-refractivity contribution in [3.05, 3.63) is 11.9 Å². The van der Waals surface area contributed by atoms with Crippen LogP contribution < -0.4 is 5.73 Å². The van der Waals surface area contributed by atoms with E-state index >= 15 is 0 Å². The molecule has 84 valence electrons. The number of carbonyl (C=O) groups is 1. The summed E-state index contributed by atoms with van der Waals surface area (Å²) in [4.78, 5) is 11.7. The number of rotatable bonds is 6. The molecule has 0 saturated carbocycles. The summed E-state index contributed by atoms with van der Waals surface area (Å²) >= 11 is 0. The lowest BCUT2D eigenvalue weighted by Crippen LogP contribution is -2.10. The van der Waals surface area contributed by atoms with Gasteiger partial charge in [0.05, 0.1) is 12.7 Å². The van der Waals surface area contributed by atoms with Gasteiger partial charge in [-0.2, -0.15) is 0 Å². The van der Waals surface area contributed by atoms with Gasteiger partial charge in [0.1, 0.15) is 5.69 Å². The largest absolute Gasteiger partial charge is 0.329 e. The molecule has 0 saturated heterocycles. The van der Waals surface area contributed by atoms with Crippen LogP contribution >= 0.6 is 0 Å². The molecule has 0 aliphatic rings. The second-order valence-corrected chi connectivity index (χ2v) is 3.80. The van der Waals surface area contributed by atoms with Gasteiger partial charge in [0.15, 0.2) is 5.78 Å². The summed E-state index contributed by atoms with van der Waals surface area (Å²) in [5.41, 5.74) is 5.82. The van der Waals surface area contributed by atoms with Crippen molar-refractivity contribution >= 4 is 5.78 Å². The average Bonchev–Trinajstić information content (AvgIpc) is 2.67. The first-order chi connectivity index (χ1) is 7.17. The van der Waals surface area contributed by atoms with Crippen LogP contribution in [0.15, 0.2) is 6.20 Å². The molecule has 1 rings (SSSR count). The number of hydrogen-bond donors (Lipinski definition) is 1. The molecule has 1 atom stereocenters. The summed E-state index contributed by atoms with van der Waals surface area (Å²) in [5, 5.41) is 7.66. The third kappa shape index (κ3) is 3.43. The second-order valence-electron chi connectivity index (χ2n) is 3.80. The van der Waals surface area contributed by atoms with E-state index in [0.29, 0.717) is 31.1 Å². The first-order valence-corrected chi connectivity index (χ1v) is 5.30. The van der Waals surface area contributed by atoms with Crippen molar-refractivity contribution < 1.29 is 4.79 Å². The molecular weight excluding hydrogens is 192 g/mol. The maximum atomic E-state index is 11.7. The van der Waals surface area contributed by atoms with E-state index in [9.17, 15) is 4.79 Å². The molecule has 0 amide bonds. The SMILES string of the molecule is CCC(C)CC(=O)c1cn(CCN)nn1. The number of hydrogen-bond acceptors (Lipinski definition) is 4. The van der Waals surface area contributed by atoms with E-state index < -0.39 is 0 Å². The Balaban J connectivity index is 2.58. The molecule has 0 aliphatic heterocycles. The highest BCUT2D eigenvalue weighted by Gasteiger charge is 2.13. The van der Waals surface area contributed by atoms with E-state index in [1.807, 2.05) is 0 Å². The van der Waals surface area contributed by atoms with Crippen LogP contribution in [0.2, 0.25) is 0 Å². The van der Waals surface area contributed by atoms with Crippen molar-refractivity contribution in [1.29, 1.82) is 0 Å². The van der Waals surface area contributed by atoms with Crippen LogP contribution in [0.5, 0.6) is 0 Å². The lowest BCUT2D eigenvalue weighted by atomic mass is 10.0. The smallest absolute Gasteiger partial charge is 0.184 e. The number of Topliss-reactive ketones (excluding diaryl/α,β-unsaturated/α-hetero) is 1. The zero-order chi connectivity index (χ0) is 11.3. The van der Waals surface area contributed by atoms with Crippen LogP contribution in [-0.2, 0) is 6.54 Å². The van der Waals surface area contributed by atoms with Crippen molar-refractivity contribution in [3.8, 4) is 0 Å². The van der Waals surface area contributed by atoms with Crippen LogP contribution in [0.3, 0.4) is 0 Å². The van der Waals surface area contributed by atoms with Crippen LogP contribution in [0.25, 0.3) is 0 Å². The van der Waals surface area contributed by atoms with Gasteiger partial charge in [-0.3, -0.25) is 9.48 Å². The van der Waals surface area contributed by atoms with Crippen LogP contribution in [0.4, 0.5) is 0 Å². The number of ketones is 1. The molecule has 0 aliphatic carbocycles. The van der Waals surface area contributed by atoms with E-state index in [4.69, 9.17) is 5.73 Å². The third-order valence-corrected chi connectivity index (χ3v) is 2.41. The molecule has 1 aromatic rings. The molecule has 5 nitrogen and oxygen atoms in total. The minimum absolute atomic E-state index is 0.0626. The summed E-state index contributed by atoms with van der Waals surface area (Å²) in [6.07, 6.45) is 3.21. The number of aromatic nitrogens is 3. The zero-order valence-corrected chi connectivity index (χ0v) is 9.31. The van der Waals surface area contributed by atoms with Crippen molar-refractivity contribution in [2.24, 2.45) is 11.7 Å². The van der Waals surface area contributed by atoms with E-state index in [1.165, 1.54) is 0 Å². The zero-order valence-electron chi connectivity index (χ0n) is 9.31.